The van der Waals surface area contributed by atoms with Crippen LogP contribution in [0.1, 0.15) is 91.4 Å². The number of nitrogens with two attached hydrogens (primary N) is 2. The molecule has 1 fully saturated rings. The van der Waals surface area contributed by atoms with Crippen molar-refractivity contribution in [2.24, 2.45) is 23.3 Å². The number of hydrogen-bond acceptors (Lipinski definition) is 12. The monoisotopic (exact) mass is 827 g/mol. The van der Waals surface area contributed by atoms with Crippen molar-refractivity contribution in [3.8, 4) is 0 Å². The first kappa shape index (κ1) is 50.1. The van der Waals surface area contributed by atoms with E-state index in [2.05, 4.69) is 31.9 Å². The summed E-state index contributed by atoms with van der Waals surface area (Å²) in [6.45, 7) is 3.22. The Bertz CT molecular complexity index is 1520. The lowest BCUT2D eigenvalue weighted by molar-refractivity contribution is -0.142. The maximum absolute atomic E-state index is 13.8. The molecular weight excluding hydrogens is 770 g/mol. The number of carboxylic acids is 3. The lowest BCUT2D eigenvalue weighted by Gasteiger charge is -2.29. The summed E-state index contributed by atoms with van der Waals surface area (Å²) in [7, 11) is 0. The van der Waals surface area contributed by atoms with Crippen LogP contribution in [0.4, 0.5) is 0 Å². The van der Waals surface area contributed by atoms with Crippen molar-refractivity contribution in [1.82, 2.24) is 37.2 Å². The standard InChI is InChI=1S/C35H57N9O14/c1-17(2)11-21(33(56)39-18(3)30(53)41-23(13-27(47)48)31(54)38-16-29(51)52)42-35(58)24(14-28(49)50)44-34(57)22(12-19-7-5-4-6-8-19)43-32(55)20(9-10-25(37)45)40-26(46)15-36/h17-24H,4-16,36H2,1-3H3,(H2,37,45)(H,38,54)(H,39,56)(H,40,46)(H,41,53)(H,42,58)(H,43,55)(H,44,57)(H,47,48)(H,49,50)(H,51,52)/t18-,20-,21-,22-,23-,24-/m0/s1. The van der Waals surface area contributed by atoms with Crippen LogP contribution in [-0.4, -0.2) is 130 Å². The van der Waals surface area contributed by atoms with Crippen LogP contribution in [0.5, 0.6) is 0 Å². The predicted molar refractivity (Wildman–Crippen MR) is 201 cm³/mol. The van der Waals surface area contributed by atoms with Gasteiger partial charge in [0.15, 0.2) is 0 Å². The first-order valence-corrected chi connectivity index (χ1v) is 18.9. The number of rotatable bonds is 26. The molecule has 0 radical (unpaired) electrons. The lowest BCUT2D eigenvalue weighted by Crippen LogP contribution is -2.60. The van der Waals surface area contributed by atoms with Crippen LogP contribution in [0, 0.1) is 11.8 Å². The van der Waals surface area contributed by atoms with Crippen LogP contribution >= 0.6 is 0 Å². The summed E-state index contributed by atoms with van der Waals surface area (Å²) in [5, 5.41) is 43.7. The number of hydrogen-bond donors (Lipinski definition) is 12. The second-order valence-electron chi connectivity index (χ2n) is 14.5. The van der Waals surface area contributed by atoms with Crippen molar-refractivity contribution in [2.45, 2.75) is 128 Å². The van der Waals surface area contributed by atoms with Gasteiger partial charge in [-0.25, -0.2) is 0 Å². The summed E-state index contributed by atoms with van der Waals surface area (Å²) in [4.78, 5) is 137. The number of carboxylic acid groups (broad SMARTS) is 3. The van der Waals surface area contributed by atoms with Crippen molar-refractivity contribution in [1.29, 1.82) is 0 Å². The first-order valence-electron chi connectivity index (χ1n) is 18.9. The molecule has 0 aromatic carbocycles. The van der Waals surface area contributed by atoms with E-state index in [-0.39, 0.29) is 37.5 Å². The van der Waals surface area contributed by atoms with Gasteiger partial charge in [-0.1, -0.05) is 46.0 Å². The third-order valence-corrected chi connectivity index (χ3v) is 8.97. The van der Waals surface area contributed by atoms with Gasteiger partial charge in [0.2, 0.25) is 47.3 Å². The molecule has 1 rings (SSSR count). The van der Waals surface area contributed by atoms with Gasteiger partial charge in [-0.15, -0.1) is 0 Å². The Hall–Kier alpha value is -5.87. The maximum Gasteiger partial charge on any atom is 0.322 e. The molecule has 0 aromatic heterocycles. The second-order valence-corrected chi connectivity index (χ2v) is 14.5. The molecule has 0 spiro atoms. The molecule has 0 aromatic rings. The highest BCUT2D eigenvalue weighted by Crippen LogP contribution is 2.27. The zero-order chi connectivity index (χ0) is 44.1. The number of aliphatic carboxylic acids is 3. The molecule has 23 nitrogen and oxygen atoms in total. The van der Waals surface area contributed by atoms with Crippen LogP contribution in [0.2, 0.25) is 0 Å². The Morgan fingerprint density at radius 2 is 1.07 bits per heavy atom. The molecule has 0 unspecified atom stereocenters. The Kier molecular flexibility index (Phi) is 22.0. The van der Waals surface area contributed by atoms with Crippen molar-refractivity contribution in [3.63, 3.8) is 0 Å². The van der Waals surface area contributed by atoms with Gasteiger partial charge in [-0.2, -0.15) is 0 Å². The highest BCUT2D eigenvalue weighted by Gasteiger charge is 2.35. The normalized spacial score (nSPS) is 15.8. The summed E-state index contributed by atoms with van der Waals surface area (Å²) in [5.41, 5.74) is 10.6. The van der Waals surface area contributed by atoms with E-state index in [9.17, 15) is 57.8 Å². The van der Waals surface area contributed by atoms with Crippen LogP contribution < -0.4 is 48.7 Å². The molecule has 0 aliphatic heterocycles. The topological polar surface area (TPSA) is 385 Å². The third kappa shape index (κ3) is 19.8. The maximum atomic E-state index is 13.8. The van der Waals surface area contributed by atoms with Gasteiger partial charge in [0.25, 0.3) is 0 Å². The van der Waals surface area contributed by atoms with Crippen molar-refractivity contribution in [3.05, 3.63) is 0 Å². The molecule has 0 saturated heterocycles. The average Bonchev–Trinajstić information content (AvgIpc) is 3.13. The summed E-state index contributed by atoms with van der Waals surface area (Å²) in [6.07, 6.45) is 1.74. The molecule has 6 atom stereocenters. The summed E-state index contributed by atoms with van der Waals surface area (Å²) in [6, 6.07) is -9.02. The minimum atomic E-state index is -1.79. The van der Waals surface area contributed by atoms with E-state index < -0.39 is 127 Å². The van der Waals surface area contributed by atoms with Gasteiger partial charge in [-0.3, -0.25) is 52.7 Å². The van der Waals surface area contributed by atoms with Gasteiger partial charge in [-0.05, 0) is 38.0 Å². The summed E-state index contributed by atoms with van der Waals surface area (Å²) < 4.78 is 0. The van der Waals surface area contributed by atoms with Crippen molar-refractivity contribution in [2.75, 3.05) is 13.1 Å². The van der Waals surface area contributed by atoms with Gasteiger partial charge in [0, 0.05) is 6.42 Å². The zero-order valence-corrected chi connectivity index (χ0v) is 32.8. The third-order valence-electron chi connectivity index (χ3n) is 8.97. The number of amides is 8. The Morgan fingerprint density at radius 1 is 0.586 bits per heavy atom. The van der Waals surface area contributed by atoms with Gasteiger partial charge >= 0.3 is 17.9 Å². The van der Waals surface area contributed by atoms with E-state index in [0.29, 0.717) is 12.8 Å². The molecule has 1 saturated carbocycles. The van der Waals surface area contributed by atoms with Crippen LogP contribution in [0.3, 0.4) is 0 Å². The molecular formula is C35H57N9O14. The van der Waals surface area contributed by atoms with Gasteiger partial charge < -0.3 is 64.0 Å². The molecule has 58 heavy (non-hydrogen) atoms. The fourth-order valence-corrected chi connectivity index (χ4v) is 6.05. The number of primary amides is 1. The molecule has 23 heteroatoms. The molecule has 1 aliphatic rings. The smallest absolute Gasteiger partial charge is 0.322 e. The second kappa shape index (κ2) is 25.4. The molecule has 8 amide bonds. The average molecular weight is 828 g/mol. The van der Waals surface area contributed by atoms with Gasteiger partial charge in [0.05, 0.1) is 19.4 Å². The van der Waals surface area contributed by atoms with E-state index in [0.717, 1.165) is 19.3 Å². The minimum Gasteiger partial charge on any atom is -0.481 e. The zero-order valence-electron chi connectivity index (χ0n) is 32.8. The molecule has 0 heterocycles. The largest absolute Gasteiger partial charge is 0.481 e. The quantitative estimate of drug-likeness (QED) is 0.0399. The number of nitrogens with one attached hydrogen (secondary N) is 7. The number of carbonyl (C=O) groups excluding carboxylic acids is 8. The molecule has 326 valence electrons. The van der Waals surface area contributed by atoms with Crippen molar-refractivity contribution < 1.29 is 68.1 Å². The summed E-state index contributed by atoms with van der Waals surface area (Å²) in [5.74, 6) is -12.3. The van der Waals surface area contributed by atoms with E-state index in [1.165, 1.54) is 6.92 Å². The predicted octanol–water partition coefficient (Wildman–Crippen LogP) is -3.69. The van der Waals surface area contributed by atoms with Crippen molar-refractivity contribution >= 4 is 65.2 Å². The number of carbonyl (C=O) groups is 11. The highest BCUT2D eigenvalue weighted by atomic mass is 16.4. The van der Waals surface area contributed by atoms with Crippen LogP contribution in [-0.2, 0) is 52.7 Å². The first-order chi connectivity index (χ1) is 27.1. The lowest BCUT2D eigenvalue weighted by atomic mass is 9.84. The minimum absolute atomic E-state index is 0.0453. The Balaban J connectivity index is 3.27. The molecule has 14 N–H and O–H groups in total. The fraction of sp³-hybridized carbons (Fsp3) is 0.686. The Morgan fingerprint density at radius 3 is 1.59 bits per heavy atom. The van der Waals surface area contributed by atoms with Crippen LogP contribution in [0.25, 0.3) is 0 Å². The SMILES string of the molecule is CC(C)C[C@H](NC(=O)[C@H](CC(=O)O)NC(=O)[C@H](CC1CCCCC1)NC(=O)[C@H](CCC(N)=O)NC(=O)CN)C(=O)N[C@@H](C)C(=O)N[C@@H](CC(=O)O)C(=O)NCC(=O)O. The highest BCUT2D eigenvalue weighted by molar-refractivity contribution is 5.98. The summed E-state index contributed by atoms with van der Waals surface area (Å²) >= 11 is 0. The molecule has 0 bridgehead atoms. The van der Waals surface area contributed by atoms with E-state index in [4.69, 9.17) is 21.7 Å². The van der Waals surface area contributed by atoms with Gasteiger partial charge in [0.1, 0.15) is 42.8 Å². The van der Waals surface area contributed by atoms with E-state index in [1.54, 1.807) is 13.8 Å². The van der Waals surface area contributed by atoms with E-state index in [1.807, 2.05) is 5.32 Å². The van der Waals surface area contributed by atoms with E-state index >= 15 is 0 Å². The fourth-order valence-electron chi connectivity index (χ4n) is 6.05. The Labute approximate surface area is 334 Å². The van der Waals surface area contributed by atoms with Crippen LogP contribution in [0.15, 0.2) is 0 Å². The molecule has 1 aliphatic carbocycles.